The molecule has 0 radical (unpaired) electrons. The largest absolute Gasteiger partial charge is 0.508 e. The van der Waals surface area contributed by atoms with Gasteiger partial charge < -0.3 is 20.8 Å². The fourth-order valence-corrected chi connectivity index (χ4v) is 1.94. The molecule has 0 atom stereocenters. The molecule has 0 bridgehead atoms. The monoisotopic (exact) mass is 272 g/mol. The van der Waals surface area contributed by atoms with E-state index in [-0.39, 0.29) is 23.1 Å². The third-order valence-corrected chi connectivity index (χ3v) is 2.98. The summed E-state index contributed by atoms with van der Waals surface area (Å²) in [5.74, 6) is -0.301. The van der Waals surface area contributed by atoms with Crippen LogP contribution in [0.1, 0.15) is 17.3 Å². The van der Waals surface area contributed by atoms with Gasteiger partial charge in [-0.15, -0.1) is 0 Å². The van der Waals surface area contributed by atoms with Crippen LogP contribution in [-0.2, 0) is 0 Å². The average Bonchev–Trinajstić information content (AvgIpc) is 2.42. The third-order valence-electron chi connectivity index (χ3n) is 2.98. The van der Waals surface area contributed by atoms with Crippen LogP contribution in [0.5, 0.6) is 11.5 Å². The minimum Gasteiger partial charge on any atom is -0.508 e. The lowest BCUT2D eigenvalue weighted by molar-refractivity contribution is 0.0988. The Hall–Kier alpha value is -2.69. The van der Waals surface area contributed by atoms with E-state index in [0.29, 0.717) is 17.8 Å². The Labute approximate surface area is 116 Å². The Balaban J connectivity index is 2.36. The van der Waals surface area contributed by atoms with Gasteiger partial charge in [-0.05, 0) is 37.3 Å². The van der Waals surface area contributed by atoms with Gasteiger partial charge in [-0.2, -0.15) is 0 Å². The van der Waals surface area contributed by atoms with Gasteiger partial charge in [0.2, 0.25) is 0 Å². The number of nitrogens with zero attached hydrogens (tertiary/aromatic N) is 1. The molecule has 0 fully saturated rings. The summed E-state index contributed by atoms with van der Waals surface area (Å²) >= 11 is 0. The molecule has 20 heavy (non-hydrogen) atoms. The number of hydrogen-bond acceptors (Lipinski definition) is 4. The molecule has 0 unspecified atom stereocenters. The van der Waals surface area contributed by atoms with Crippen molar-refractivity contribution in [3.63, 3.8) is 0 Å². The molecule has 0 saturated heterocycles. The SMILES string of the molecule is CCN(C(=O)c1ccc(N)c(O)c1)c1cccc(O)c1. The van der Waals surface area contributed by atoms with Crippen LogP contribution < -0.4 is 10.6 Å². The highest BCUT2D eigenvalue weighted by Crippen LogP contribution is 2.25. The molecule has 5 nitrogen and oxygen atoms in total. The van der Waals surface area contributed by atoms with Crippen LogP contribution in [0.25, 0.3) is 0 Å². The topological polar surface area (TPSA) is 86.8 Å². The maximum Gasteiger partial charge on any atom is 0.258 e. The van der Waals surface area contributed by atoms with Crippen LogP contribution in [0, 0.1) is 0 Å². The van der Waals surface area contributed by atoms with E-state index < -0.39 is 0 Å². The zero-order chi connectivity index (χ0) is 14.7. The zero-order valence-corrected chi connectivity index (χ0v) is 11.1. The van der Waals surface area contributed by atoms with E-state index in [0.717, 1.165) is 0 Å². The number of rotatable bonds is 3. The Morgan fingerprint density at radius 1 is 1.20 bits per heavy atom. The molecule has 5 heteroatoms. The molecule has 0 saturated carbocycles. The normalized spacial score (nSPS) is 10.2. The van der Waals surface area contributed by atoms with E-state index in [1.807, 2.05) is 6.92 Å². The molecular formula is C15H16N2O3. The number of hydrogen-bond donors (Lipinski definition) is 3. The molecule has 0 spiro atoms. The molecule has 0 aromatic heterocycles. The zero-order valence-electron chi connectivity index (χ0n) is 11.1. The second-order valence-corrected chi connectivity index (χ2v) is 4.34. The average molecular weight is 272 g/mol. The summed E-state index contributed by atoms with van der Waals surface area (Å²) in [6, 6.07) is 10.8. The van der Waals surface area contributed by atoms with Crippen LogP contribution >= 0.6 is 0 Å². The lowest BCUT2D eigenvalue weighted by Gasteiger charge is -2.21. The first-order chi connectivity index (χ1) is 9.52. The predicted molar refractivity (Wildman–Crippen MR) is 78.0 cm³/mol. The molecular weight excluding hydrogens is 256 g/mol. The van der Waals surface area contributed by atoms with Gasteiger partial charge >= 0.3 is 0 Å². The lowest BCUT2D eigenvalue weighted by atomic mass is 10.1. The molecule has 0 aliphatic carbocycles. The summed E-state index contributed by atoms with van der Waals surface area (Å²) in [6.45, 7) is 2.27. The summed E-state index contributed by atoms with van der Waals surface area (Å²) in [5, 5.41) is 19.1. The smallest absolute Gasteiger partial charge is 0.258 e. The van der Waals surface area contributed by atoms with E-state index in [1.54, 1.807) is 18.2 Å². The highest BCUT2D eigenvalue weighted by atomic mass is 16.3. The first-order valence-corrected chi connectivity index (χ1v) is 6.22. The van der Waals surface area contributed by atoms with Crippen molar-refractivity contribution in [1.29, 1.82) is 0 Å². The van der Waals surface area contributed by atoms with Crippen molar-refractivity contribution in [3.8, 4) is 11.5 Å². The van der Waals surface area contributed by atoms with Gasteiger partial charge in [-0.1, -0.05) is 6.07 Å². The molecule has 0 heterocycles. The number of aromatic hydroxyl groups is 2. The Morgan fingerprint density at radius 2 is 1.95 bits per heavy atom. The molecule has 0 aliphatic rings. The third kappa shape index (κ3) is 2.66. The summed E-state index contributed by atoms with van der Waals surface area (Å²) < 4.78 is 0. The van der Waals surface area contributed by atoms with Crippen LogP contribution in [0.4, 0.5) is 11.4 Å². The van der Waals surface area contributed by atoms with Crippen LogP contribution in [0.2, 0.25) is 0 Å². The number of amides is 1. The Morgan fingerprint density at radius 3 is 2.55 bits per heavy atom. The van der Waals surface area contributed by atoms with E-state index in [2.05, 4.69) is 0 Å². The van der Waals surface area contributed by atoms with Crippen molar-refractivity contribution >= 4 is 17.3 Å². The molecule has 104 valence electrons. The van der Waals surface area contributed by atoms with Gasteiger partial charge in [0.05, 0.1) is 5.69 Å². The van der Waals surface area contributed by atoms with E-state index in [9.17, 15) is 15.0 Å². The first-order valence-electron chi connectivity index (χ1n) is 6.22. The van der Waals surface area contributed by atoms with Crippen molar-refractivity contribution in [2.75, 3.05) is 17.2 Å². The molecule has 1 amide bonds. The predicted octanol–water partition coefficient (Wildman–Crippen LogP) is 2.35. The maximum atomic E-state index is 12.4. The molecule has 2 rings (SSSR count). The highest BCUT2D eigenvalue weighted by Gasteiger charge is 2.17. The van der Waals surface area contributed by atoms with Crippen molar-refractivity contribution in [2.24, 2.45) is 0 Å². The molecule has 4 N–H and O–H groups in total. The molecule has 2 aromatic rings. The number of carbonyl (C=O) groups is 1. The Kier molecular flexibility index (Phi) is 3.79. The minimum absolute atomic E-state index is 0.0916. The second kappa shape index (κ2) is 5.52. The van der Waals surface area contributed by atoms with Crippen LogP contribution in [0.3, 0.4) is 0 Å². The summed E-state index contributed by atoms with van der Waals surface area (Å²) in [6.07, 6.45) is 0. The van der Waals surface area contributed by atoms with Gasteiger partial charge in [-0.3, -0.25) is 4.79 Å². The van der Waals surface area contributed by atoms with E-state index in [1.165, 1.54) is 29.2 Å². The fraction of sp³-hybridized carbons (Fsp3) is 0.133. The number of carbonyl (C=O) groups excluding carboxylic acids is 1. The van der Waals surface area contributed by atoms with Crippen molar-refractivity contribution in [1.82, 2.24) is 0 Å². The second-order valence-electron chi connectivity index (χ2n) is 4.34. The number of anilines is 2. The van der Waals surface area contributed by atoms with Gasteiger partial charge in [0.25, 0.3) is 5.91 Å². The Bertz CT molecular complexity index is 641. The van der Waals surface area contributed by atoms with Gasteiger partial charge in [0.15, 0.2) is 0 Å². The van der Waals surface area contributed by atoms with Crippen molar-refractivity contribution in [3.05, 3.63) is 48.0 Å². The fourth-order valence-electron chi connectivity index (χ4n) is 1.94. The minimum atomic E-state index is -0.270. The maximum absolute atomic E-state index is 12.4. The van der Waals surface area contributed by atoms with E-state index in [4.69, 9.17) is 5.73 Å². The number of phenolic OH excluding ortho intramolecular Hbond substituents is 2. The van der Waals surface area contributed by atoms with Crippen molar-refractivity contribution in [2.45, 2.75) is 6.92 Å². The van der Waals surface area contributed by atoms with E-state index >= 15 is 0 Å². The number of benzene rings is 2. The van der Waals surface area contributed by atoms with Crippen LogP contribution in [-0.4, -0.2) is 22.7 Å². The molecule has 2 aromatic carbocycles. The van der Waals surface area contributed by atoms with Crippen molar-refractivity contribution < 1.29 is 15.0 Å². The summed E-state index contributed by atoms with van der Waals surface area (Å²) in [7, 11) is 0. The standard InChI is InChI=1S/C15H16N2O3/c1-2-17(11-4-3-5-12(18)9-11)15(20)10-6-7-13(16)14(19)8-10/h3-9,18-19H,2,16H2,1H3. The first kappa shape index (κ1) is 13.7. The number of phenols is 2. The summed E-state index contributed by atoms with van der Waals surface area (Å²) in [5.41, 5.74) is 6.67. The van der Waals surface area contributed by atoms with Gasteiger partial charge in [0.1, 0.15) is 11.5 Å². The summed E-state index contributed by atoms with van der Waals surface area (Å²) in [4.78, 5) is 13.9. The number of nitrogen functional groups attached to an aromatic ring is 1. The highest BCUT2D eigenvalue weighted by molar-refractivity contribution is 6.06. The van der Waals surface area contributed by atoms with Gasteiger partial charge in [-0.25, -0.2) is 0 Å². The van der Waals surface area contributed by atoms with Crippen LogP contribution in [0.15, 0.2) is 42.5 Å². The number of nitrogens with two attached hydrogens (primary N) is 1. The van der Waals surface area contributed by atoms with Gasteiger partial charge in [0, 0.05) is 23.9 Å². The molecule has 0 aliphatic heterocycles. The lowest BCUT2D eigenvalue weighted by Crippen LogP contribution is -2.30. The quantitative estimate of drug-likeness (QED) is 0.591.